The molecular formula is C23H20N2O4S. The number of hydrogen-bond donors (Lipinski definition) is 0. The summed E-state index contributed by atoms with van der Waals surface area (Å²) in [6, 6.07) is 14.7. The number of ether oxygens (including phenoxy) is 2. The third kappa shape index (κ3) is 4.73. The zero-order valence-electron chi connectivity index (χ0n) is 16.5. The first-order valence-corrected chi connectivity index (χ1v) is 10.1. The fourth-order valence-electron chi connectivity index (χ4n) is 2.85. The van der Waals surface area contributed by atoms with Gasteiger partial charge in [-0.15, -0.1) is 6.58 Å². The molecule has 3 rings (SSSR count). The van der Waals surface area contributed by atoms with Crippen LogP contribution >= 0.6 is 11.8 Å². The van der Waals surface area contributed by atoms with E-state index in [4.69, 9.17) is 9.47 Å². The van der Waals surface area contributed by atoms with Gasteiger partial charge in [-0.1, -0.05) is 30.3 Å². The number of nitriles is 1. The van der Waals surface area contributed by atoms with Gasteiger partial charge in [0.2, 0.25) is 0 Å². The summed E-state index contributed by atoms with van der Waals surface area (Å²) in [5.41, 5.74) is 2.05. The molecule has 1 aliphatic rings. The second kappa shape index (κ2) is 9.81. The first-order valence-electron chi connectivity index (χ1n) is 9.31. The summed E-state index contributed by atoms with van der Waals surface area (Å²) in [6.07, 6.45) is 3.17. The minimum atomic E-state index is -0.337. The Morgan fingerprint density at radius 1 is 1.17 bits per heavy atom. The number of amides is 2. The van der Waals surface area contributed by atoms with Crippen LogP contribution in [0.4, 0.5) is 4.79 Å². The molecule has 1 heterocycles. The fraction of sp³-hybridized carbons (Fsp3) is 0.174. The van der Waals surface area contributed by atoms with Crippen molar-refractivity contribution in [3.8, 4) is 17.6 Å². The Bertz CT molecular complexity index is 1060. The predicted molar refractivity (Wildman–Crippen MR) is 116 cm³/mol. The molecule has 2 amide bonds. The Labute approximate surface area is 179 Å². The van der Waals surface area contributed by atoms with Crippen LogP contribution in [0, 0.1) is 11.3 Å². The number of hydrogen-bond acceptors (Lipinski definition) is 6. The van der Waals surface area contributed by atoms with Gasteiger partial charge in [-0.05, 0) is 48.5 Å². The van der Waals surface area contributed by atoms with E-state index < -0.39 is 0 Å². The van der Waals surface area contributed by atoms with Crippen LogP contribution in [0.25, 0.3) is 6.08 Å². The summed E-state index contributed by atoms with van der Waals surface area (Å²) in [6.45, 7) is 6.28. The van der Waals surface area contributed by atoms with Crippen molar-refractivity contribution in [1.82, 2.24) is 4.90 Å². The lowest BCUT2D eigenvalue weighted by molar-refractivity contribution is -0.122. The molecule has 7 heteroatoms. The van der Waals surface area contributed by atoms with Gasteiger partial charge in [-0.2, -0.15) is 5.26 Å². The van der Waals surface area contributed by atoms with E-state index in [1.54, 1.807) is 36.4 Å². The van der Waals surface area contributed by atoms with Gasteiger partial charge in [0.05, 0.1) is 23.1 Å². The Hall–Kier alpha value is -3.50. The lowest BCUT2D eigenvalue weighted by Crippen LogP contribution is -2.27. The molecule has 152 valence electrons. The van der Waals surface area contributed by atoms with Gasteiger partial charge < -0.3 is 9.47 Å². The molecule has 30 heavy (non-hydrogen) atoms. The normalized spacial score (nSPS) is 14.7. The largest absolute Gasteiger partial charge is 0.490 e. The minimum Gasteiger partial charge on any atom is -0.490 e. The molecule has 0 unspecified atom stereocenters. The maximum absolute atomic E-state index is 12.4. The Morgan fingerprint density at radius 2 is 1.97 bits per heavy atom. The van der Waals surface area contributed by atoms with Crippen molar-refractivity contribution in [3.63, 3.8) is 0 Å². The molecular weight excluding hydrogens is 400 g/mol. The van der Waals surface area contributed by atoms with E-state index in [-0.39, 0.29) is 24.3 Å². The summed E-state index contributed by atoms with van der Waals surface area (Å²) in [5.74, 6) is 0.712. The van der Waals surface area contributed by atoms with Crippen LogP contribution in [0.5, 0.6) is 11.5 Å². The van der Waals surface area contributed by atoms with Gasteiger partial charge in [0.25, 0.3) is 11.1 Å². The average molecular weight is 420 g/mol. The summed E-state index contributed by atoms with van der Waals surface area (Å²) in [5, 5.41) is 8.91. The standard InChI is InChI=1S/C23H20N2O4S/c1-3-11-25-22(26)21(30-23(25)27)13-16-9-10-19(20(12-16)28-4-2)29-15-18-8-6-5-7-17(18)14-24/h3,5-10,12-13H,1,4,11,15H2,2H3/b21-13+. The maximum Gasteiger partial charge on any atom is 0.293 e. The van der Waals surface area contributed by atoms with Crippen LogP contribution in [-0.2, 0) is 11.4 Å². The fourth-order valence-corrected chi connectivity index (χ4v) is 3.70. The quantitative estimate of drug-likeness (QED) is 0.453. The van der Waals surface area contributed by atoms with Crippen LogP contribution in [0.1, 0.15) is 23.6 Å². The van der Waals surface area contributed by atoms with Crippen LogP contribution in [0.15, 0.2) is 60.0 Å². The van der Waals surface area contributed by atoms with Crippen LogP contribution in [0.2, 0.25) is 0 Å². The second-order valence-corrected chi connectivity index (χ2v) is 7.27. The van der Waals surface area contributed by atoms with Crippen molar-refractivity contribution >= 4 is 29.0 Å². The first kappa shape index (κ1) is 21.2. The van der Waals surface area contributed by atoms with E-state index in [1.165, 1.54) is 6.08 Å². The van der Waals surface area contributed by atoms with E-state index >= 15 is 0 Å². The molecule has 0 bridgehead atoms. The number of rotatable bonds is 8. The minimum absolute atomic E-state index is 0.184. The molecule has 0 N–H and O–H groups in total. The van der Waals surface area contributed by atoms with Crippen molar-refractivity contribution in [1.29, 1.82) is 5.26 Å². The molecule has 0 aliphatic carbocycles. The third-order valence-electron chi connectivity index (χ3n) is 4.27. The molecule has 0 aromatic heterocycles. The van der Waals surface area contributed by atoms with E-state index in [2.05, 4.69) is 12.6 Å². The summed E-state index contributed by atoms with van der Waals surface area (Å²) < 4.78 is 11.6. The smallest absolute Gasteiger partial charge is 0.293 e. The highest BCUT2D eigenvalue weighted by Crippen LogP contribution is 2.35. The van der Waals surface area contributed by atoms with Crippen molar-refractivity contribution in [2.75, 3.05) is 13.2 Å². The van der Waals surface area contributed by atoms with Gasteiger partial charge in [-0.3, -0.25) is 14.5 Å². The van der Waals surface area contributed by atoms with Crippen molar-refractivity contribution in [2.45, 2.75) is 13.5 Å². The zero-order valence-corrected chi connectivity index (χ0v) is 17.3. The predicted octanol–water partition coefficient (Wildman–Crippen LogP) is 4.76. The first-order chi connectivity index (χ1) is 14.6. The summed E-state index contributed by atoms with van der Waals surface area (Å²) in [4.78, 5) is 25.9. The molecule has 2 aromatic rings. The topological polar surface area (TPSA) is 79.6 Å². The van der Waals surface area contributed by atoms with Gasteiger partial charge >= 0.3 is 0 Å². The molecule has 0 saturated carbocycles. The number of carbonyl (C=O) groups excluding carboxylic acids is 2. The number of benzene rings is 2. The number of imide groups is 1. The van der Waals surface area contributed by atoms with Gasteiger partial charge in [-0.25, -0.2) is 0 Å². The van der Waals surface area contributed by atoms with E-state index in [0.717, 1.165) is 22.2 Å². The highest BCUT2D eigenvalue weighted by molar-refractivity contribution is 8.18. The molecule has 1 fully saturated rings. The number of nitrogens with zero attached hydrogens (tertiary/aromatic N) is 2. The summed E-state index contributed by atoms with van der Waals surface area (Å²) >= 11 is 0.900. The molecule has 0 spiro atoms. The van der Waals surface area contributed by atoms with Crippen LogP contribution < -0.4 is 9.47 Å². The monoisotopic (exact) mass is 420 g/mol. The van der Waals surface area contributed by atoms with Crippen molar-refractivity contribution in [2.24, 2.45) is 0 Å². The molecule has 1 saturated heterocycles. The van der Waals surface area contributed by atoms with Gasteiger partial charge in [0.15, 0.2) is 11.5 Å². The molecule has 0 radical (unpaired) electrons. The van der Waals surface area contributed by atoms with Crippen molar-refractivity contribution in [3.05, 3.63) is 76.7 Å². The second-order valence-electron chi connectivity index (χ2n) is 6.28. The van der Waals surface area contributed by atoms with E-state index in [9.17, 15) is 14.9 Å². The lowest BCUT2D eigenvalue weighted by Gasteiger charge is -2.13. The Morgan fingerprint density at radius 3 is 2.70 bits per heavy atom. The zero-order chi connectivity index (χ0) is 21.5. The van der Waals surface area contributed by atoms with Crippen LogP contribution in [-0.4, -0.2) is 29.2 Å². The molecule has 2 aromatic carbocycles. The molecule has 0 atom stereocenters. The third-order valence-corrected chi connectivity index (χ3v) is 5.18. The van der Waals surface area contributed by atoms with Crippen LogP contribution in [0.3, 0.4) is 0 Å². The van der Waals surface area contributed by atoms with Gasteiger partial charge in [0, 0.05) is 12.1 Å². The lowest BCUT2D eigenvalue weighted by atomic mass is 10.1. The van der Waals surface area contributed by atoms with Crippen molar-refractivity contribution < 1.29 is 19.1 Å². The number of thioether (sulfide) groups is 1. The highest BCUT2D eigenvalue weighted by Gasteiger charge is 2.34. The van der Waals surface area contributed by atoms with E-state index in [0.29, 0.717) is 34.1 Å². The number of carbonyl (C=O) groups is 2. The highest BCUT2D eigenvalue weighted by atomic mass is 32.2. The molecule has 6 nitrogen and oxygen atoms in total. The average Bonchev–Trinajstić information content (AvgIpc) is 3.01. The molecule has 1 aliphatic heterocycles. The van der Waals surface area contributed by atoms with Gasteiger partial charge in [0.1, 0.15) is 6.61 Å². The Balaban J connectivity index is 1.82. The summed E-state index contributed by atoms with van der Waals surface area (Å²) in [7, 11) is 0. The SMILES string of the molecule is C=CCN1C(=O)S/C(=C/c2ccc(OCc3ccccc3C#N)c(OCC)c2)C1=O. The van der Waals surface area contributed by atoms with E-state index in [1.807, 2.05) is 19.1 Å². The Kier molecular flexibility index (Phi) is 6.94. The maximum atomic E-state index is 12.4.